The van der Waals surface area contributed by atoms with E-state index in [0.29, 0.717) is 17.3 Å². The van der Waals surface area contributed by atoms with Crippen molar-refractivity contribution < 1.29 is 4.79 Å². The molecular weight excluding hydrogens is 250 g/mol. The van der Waals surface area contributed by atoms with Crippen molar-refractivity contribution in [3.8, 4) is 0 Å². The number of pyridine rings is 1. The van der Waals surface area contributed by atoms with Crippen molar-refractivity contribution in [3.63, 3.8) is 0 Å². The molecule has 1 heterocycles. The highest BCUT2D eigenvalue weighted by Crippen LogP contribution is 2.23. The maximum Gasteiger partial charge on any atom is 0.251 e. The zero-order valence-electron chi connectivity index (χ0n) is 12.5. The highest BCUT2D eigenvalue weighted by atomic mass is 16.1. The fourth-order valence-electron chi connectivity index (χ4n) is 2.73. The largest absolute Gasteiger partial charge is 0.384 e. The average molecular weight is 275 g/mol. The summed E-state index contributed by atoms with van der Waals surface area (Å²) in [4.78, 5) is 16.5. The van der Waals surface area contributed by atoms with Gasteiger partial charge in [0.05, 0.1) is 0 Å². The lowest BCUT2D eigenvalue weighted by molar-refractivity contribution is 0.0943. The first-order chi connectivity index (χ1) is 9.56. The molecule has 0 radical (unpaired) electrons. The average Bonchev–Trinajstić information content (AvgIpc) is 2.45. The van der Waals surface area contributed by atoms with Crippen LogP contribution in [0, 0.1) is 5.92 Å². The molecule has 1 saturated carbocycles. The normalized spacial score (nSPS) is 16.4. The van der Waals surface area contributed by atoms with E-state index in [4.69, 9.17) is 5.73 Å². The number of carbonyl (C=O) groups excluding carboxylic acids is 1. The van der Waals surface area contributed by atoms with Crippen molar-refractivity contribution in [3.05, 3.63) is 23.4 Å². The van der Waals surface area contributed by atoms with Gasteiger partial charge in [-0.25, -0.2) is 4.98 Å². The van der Waals surface area contributed by atoms with E-state index < -0.39 is 0 Å². The number of nitrogen functional groups attached to an aromatic ring is 1. The van der Waals surface area contributed by atoms with Crippen molar-refractivity contribution >= 4 is 11.7 Å². The van der Waals surface area contributed by atoms with Gasteiger partial charge in [0, 0.05) is 17.8 Å². The van der Waals surface area contributed by atoms with Gasteiger partial charge in [-0.2, -0.15) is 0 Å². The van der Waals surface area contributed by atoms with Crippen molar-refractivity contribution in [1.82, 2.24) is 10.3 Å². The predicted molar refractivity (Wildman–Crippen MR) is 81.6 cm³/mol. The Hall–Kier alpha value is -1.58. The summed E-state index contributed by atoms with van der Waals surface area (Å²) in [5.74, 6) is 1.28. The van der Waals surface area contributed by atoms with Gasteiger partial charge in [0.15, 0.2) is 0 Å². The molecule has 110 valence electrons. The van der Waals surface area contributed by atoms with E-state index in [1.807, 2.05) is 19.9 Å². The molecule has 20 heavy (non-hydrogen) atoms. The molecule has 0 aliphatic heterocycles. The summed E-state index contributed by atoms with van der Waals surface area (Å²) in [6, 6.07) is 3.50. The molecular formula is C16H25N3O. The molecule has 1 aromatic heterocycles. The summed E-state index contributed by atoms with van der Waals surface area (Å²) in [6.07, 6.45) is 6.38. The number of aromatic nitrogens is 1. The Morgan fingerprint density at radius 1 is 1.35 bits per heavy atom. The Bertz CT molecular complexity index is 465. The van der Waals surface area contributed by atoms with Gasteiger partial charge in [-0.15, -0.1) is 0 Å². The van der Waals surface area contributed by atoms with Crippen LogP contribution in [-0.4, -0.2) is 17.4 Å². The number of carbonyl (C=O) groups is 1. The van der Waals surface area contributed by atoms with Gasteiger partial charge >= 0.3 is 0 Å². The summed E-state index contributed by atoms with van der Waals surface area (Å²) in [5.41, 5.74) is 7.27. The molecule has 0 atom stereocenters. The van der Waals surface area contributed by atoms with Gasteiger partial charge in [-0.1, -0.05) is 33.1 Å². The van der Waals surface area contributed by atoms with E-state index in [-0.39, 0.29) is 11.8 Å². The van der Waals surface area contributed by atoms with Crippen LogP contribution >= 0.6 is 0 Å². The van der Waals surface area contributed by atoms with Crippen LogP contribution in [-0.2, 0) is 0 Å². The van der Waals surface area contributed by atoms with Crippen LogP contribution < -0.4 is 11.1 Å². The van der Waals surface area contributed by atoms with Crippen LogP contribution in [0.4, 0.5) is 5.82 Å². The van der Waals surface area contributed by atoms with E-state index in [2.05, 4.69) is 10.3 Å². The van der Waals surface area contributed by atoms with Crippen molar-refractivity contribution in [2.24, 2.45) is 5.92 Å². The number of nitrogens with two attached hydrogens (primary N) is 1. The second kappa shape index (κ2) is 6.73. The molecule has 4 heteroatoms. The number of hydrogen-bond acceptors (Lipinski definition) is 3. The van der Waals surface area contributed by atoms with Crippen LogP contribution in [0.3, 0.4) is 0 Å². The zero-order chi connectivity index (χ0) is 14.5. The topological polar surface area (TPSA) is 68.0 Å². The molecule has 0 bridgehead atoms. The third-order valence-corrected chi connectivity index (χ3v) is 3.99. The second-order valence-electron chi connectivity index (χ2n) is 6.07. The smallest absolute Gasteiger partial charge is 0.251 e. The lowest BCUT2D eigenvalue weighted by Gasteiger charge is -2.21. The summed E-state index contributed by atoms with van der Waals surface area (Å²) in [6.45, 7) is 4.87. The third-order valence-electron chi connectivity index (χ3n) is 3.99. The third kappa shape index (κ3) is 3.95. The van der Waals surface area contributed by atoms with Crippen molar-refractivity contribution in [1.29, 1.82) is 0 Å². The Morgan fingerprint density at radius 3 is 2.70 bits per heavy atom. The Balaban J connectivity index is 1.97. The van der Waals surface area contributed by atoms with Gasteiger partial charge in [-0.05, 0) is 36.8 Å². The Morgan fingerprint density at radius 2 is 2.05 bits per heavy atom. The molecule has 3 N–H and O–H groups in total. The first-order valence-corrected chi connectivity index (χ1v) is 7.62. The SMILES string of the molecule is CC(C)c1cc(C(=O)NCC2CCCCC2)cc(N)n1. The number of anilines is 1. The molecule has 0 unspecified atom stereocenters. The van der Waals surface area contributed by atoms with Crippen LogP contribution in [0.25, 0.3) is 0 Å². The Labute approximate surface area is 121 Å². The first kappa shape index (κ1) is 14.8. The van der Waals surface area contributed by atoms with Gasteiger partial charge < -0.3 is 11.1 Å². The molecule has 1 aromatic rings. The molecule has 1 amide bonds. The Kier molecular flexibility index (Phi) is 4.99. The summed E-state index contributed by atoms with van der Waals surface area (Å²) >= 11 is 0. The van der Waals surface area contributed by atoms with E-state index in [9.17, 15) is 4.79 Å². The van der Waals surface area contributed by atoms with Crippen molar-refractivity contribution in [2.45, 2.75) is 51.9 Å². The number of nitrogens with one attached hydrogen (secondary N) is 1. The fourth-order valence-corrected chi connectivity index (χ4v) is 2.73. The first-order valence-electron chi connectivity index (χ1n) is 7.62. The molecule has 1 aliphatic carbocycles. The van der Waals surface area contributed by atoms with Gasteiger partial charge in [-0.3, -0.25) is 4.79 Å². The number of hydrogen-bond donors (Lipinski definition) is 2. The maximum absolute atomic E-state index is 12.2. The molecule has 0 spiro atoms. The van der Waals surface area contributed by atoms with Crippen molar-refractivity contribution in [2.75, 3.05) is 12.3 Å². The molecule has 4 nitrogen and oxygen atoms in total. The van der Waals surface area contributed by atoms with E-state index in [1.54, 1.807) is 6.07 Å². The number of rotatable bonds is 4. The van der Waals surface area contributed by atoms with Crippen LogP contribution in [0.15, 0.2) is 12.1 Å². The number of amides is 1. The standard InChI is InChI=1S/C16H25N3O/c1-11(2)14-8-13(9-15(17)19-14)16(20)18-10-12-6-4-3-5-7-12/h8-9,11-12H,3-7,10H2,1-2H3,(H2,17,19)(H,18,20). The quantitative estimate of drug-likeness (QED) is 0.887. The van der Waals surface area contributed by atoms with E-state index in [0.717, 1.165) is 12.2 Å². The molecule has 0 aromatic carbocycles. The van der Waals surface area contributed by atoms with Crippen LogP contribution in [0.2, 0.25) is 0 Å². The number of nitrogens with zero attached hydrogens (tertiary/aromatic N) is 1. The highest BCUT2D eigenvalue weighted by molar-refractivity contribution is 5.94. The van der Waals surface area contributed by atoms with Gasteiger partial charge in [0.25, 0.3) is 5.91 Å². The molecule has 2 rings (SSSR count). The van der Waals surface area contributed by atoms with Crippen LogP contribution in [0.1, 0.15) is 67.9 Å². The lowest BCUT2D eigenvalue weighted by Crippen LogP contribution is -2.30. The minimum absolute atomic E-state index is 0.0356. The molecule has 1 fully saturated rings. The minimum Gasteiger partial charge on any atom is -0.384 e. The summed E-state index contributed by atoms with van der Waals surface area (Å²) in [7, 11) is 0. The maximum atomic E-state index is 12.2. The molecule has 0 saturated heterocycles. The van der Waals surface area contributed by atoms with Crippen LogP contribution in [0.5, 0.6) is 0 Å². The highest BCUT2D eigenvalue weighted by Gasteiger charge is 2.16. The lowest BCUT2D eigenvalue weighted by atomic mass is 9.89. The second-order valence-corrected chi connectivity index (χ2v) is 6.07. The zero-order valence-corrected chi connectivity index (χ0v) is 12.5. The van der Waals surface area contributed by atoms with Gasteiger partial charge in [0.1, 0.15) is 5.82 Å². The minimum atomic E-state index is -0.0356. The summed E-state index contributed by atoms with van der Waals surface area (Å²) < 4.78 is 0. The monoisotopic (exact) mass is 275 g/mol. The van der Waals surface area contributed by atoms with E-state index >= 15 is 0 Å². The predicted octanol–water partition coefficient (Wildman–Crippen LogP) is 3.10. The molecule has 1 aliphatic rings. The summed E-state index contributed by atoms with van der Waals surface area (Å²) in [5, 5.41) is 3.04. The van der Waals surface area contributed by atoms with E-state index in [1.165, 1.54) is 32.1 Å². The fraction of sp³-hybridized carbons (Fsp3) is 0.625. The van der Waals surface area contributed by atoms with Gasteiger partial charge in [0.2, 0.25) is 0 Å².